The van der Waals surface area contributed by atoms with Gasteiger partial charge in [0.05, 0.1) is 17.5 Å². The summed E-state index contributed by atoms with van der Waals surface area (Å²) in [6.07, 6.45) is -3.29. The number of carbonyl (C=O) groups excluding carboxylic acids is 2. The number of nitrogens with one attached hydrogen (secondary N) is 2. The minimum atomic E-state index is -4.58. The molecule has 1 aromatic heterocycles. The van der Waals surface area contributed by atoms with Crippen molar-refractivity contribution < 1.29 is 27.2 Å². The molecule has 166 valence electrons. The van der Waals surface area contributed by atoms with E-state index < -0.39 is 29.4 Å². The lowest BCUT2D eigenvalue weighted by molar-refractivity contribution is -0.137. The Kier molecular flexibility index (Phi) is 6.42. The molecule has 0 saturated heterocycles. The number of para-hydroxylation sites is 1. The van der Waals surface area contributed by atoms with Crippen molar-refractivity contribution in [2.75, 3.05) is 5.32 Å². The Hall–Kier alpha value is -3.95. The van der Waals surface area contributed by atoms with Gasteiger partial charge in [0.2, 0.25) is 0 Å². The average molecular weight is 446 g/mol. The molecule has 3 aromatic rings. The number of benzene rings is 2. The van der Waals surface area contributed by atoms with Gasteiger partial charge in [0, 0.05) is 22.6 Å². The molecule has 10 heteroatoms. The number of aromatic nitrogens is 1. The summed E-state index contributed by atoms with van der Waals surface area (Å²) >= 11 is 0. The first-order valence-corrected chi connectivity index (χ1v) is 9.33. The molecule has 0 aliphatic heterocycles. The second-order valence-corrected chi connectivity index (χ2v) is 6.85. The number of rotatable bonds is 4. The molecule has 0 saturated carbocycles. The highest BCUT2D eigenvalue weighted by atomic mass is 19.4. The first-order valence-electron chi connectivity index (χ1n) is 9.33. The maximum atomic E-state index is 14.1. The summed E-state index contributed by atoms with van der Waals surface area (Å²) in [5, 5.41) is 5.80. The number of hydrazone groups is 1. The van der Waals surface area contributed by atoms with Crippen molar-refractivity contribution >= 4 is 23.7 Å². The van der Waals surface area contributed by atoms with Crippen LogP contribution in [0.4, 0.5) is 23.2 Å². The van der Waals surface area contributed by atoms with E-state index in [1.807, 2.05) is 5.43 Å². The quantitative estimate of drug-likeness (QED) is 0.271. The molecule has 0 aliphatic rings. The lowest BCUT2D eigenvalue weighted by Gasteiger charge is -2.10. The van der Waals surface area contributed by atoms with E-state index in [-0.39, 0.29) is 5.69 Å². The van der Waals surface area contributed by atoms with Crippen LogP contribution in [-0.4, -0.2) is 22.6 Å². The van der Waals surface area contributed by atoms with E-state index in [0.717, 1.165) is 17.8 Å². The summed E-state index contributed by atoms with van der Waals surface area (Å²) in [5.74, 6) is -2.75. The van der Waals surface area contributed by atoms with E-state index in [1.54, 1.807) is 42.7 Å². The van der Waals surface area contributed by atoms with Gasteiger partial charge < -0.3 is 9.88 Å². The molecule has 3 rings (SSSR count). The third-order valence-electron chi connectivity index (χ3n) is 4.59. The van der Waals surface area contributed by atoms with E-state index in [0.29, 0.717) is 23.0 Å². The maximum Gasteiger partial charge on any atom is 0.416 e. The maximum absolute atomic E-state index is 14.1. The lowest BCUT2D eigenvalue weighted by atomic mass is 10.2. The summed E-state index contributed by atoms with van der Waals surface area (Å²) in [6.45, 7) is 3.51. The molecule has 0 spiro atoms. The van der Waals surface area contributed by atoms with Crippen molar-refractivity contribution in [3.8, 4) is 5.69 Å². The van der Waals surface area contributed by atoms with Crippen molar-refractivity contribution in [3.05, 3.63) is 82.9 Å². The Morgan fingerprint density at radius 1 is 1.00 bits per heavy atom. The lowest BCUT2D eigenvalue weighted by Crippen LogP contribution is -2.32. The molecule has 0 atom stereocenters. The van der Waals surface area contributed by atoms with Gasteiger partial charge >= 0.3 is 18.0 Å². The van der Waals surface area contributed by atoms with Gasteiger partial charge in [-0.15, -0.1) is 0 Å². The standard InChI is InChI=1S/C22H18F4N4O2/c1-13-10-15(14(2)30(13)19-9-4-3-8-18(19)23)12-27-29-21(32)20(31)28-17-7-5-6-16(11-17)22(24,25)26/h3-12H,1-2H3,(H,28,31)(H,29,32)/b27-12-. The topological polar surface area (TPSA) is 75.5 Å². The van der Waals surface area contributed by atoms with Crippen molar-refractivity contribution in [1.29, 1.82) is 0 Å². The number of amides is 2. The van der Waals surface area contributed by atoms with Crippen molar-refractivity contribution in [3.63, 3.8) is 0 Å². The van der Waals surface area contributed by atoms with E-state index >= 15 is 0 Å². The monoisotopic (exact) mass is 446 g/mol. The third kappa shape index (κ3) is 5.02. The van der Waals surface area contributed by atoms with Crippen molar-refractivity contribution in [1.82, 2.24) is 9.99 Å². The van der Waals surface area contributed by atoms with Gasteiger partial charge in [-0.2, -0.15) is 18.3 Å². The summed E-state index contributed by atoms with van der Waals surface area (Å²) in [7, 11) is 0. The summed E-state index contributed by atoms with van der Waals surface area (Å²) in [5.41, 5.74) is 3.18. The first kappa shape index (κ1) is 22.7. The van der Waals surface area contributed by atoms with Gasteiger partial charge in [-0.25, -0.2) is 9.82 Å². The molecule has 0 aliphatic carbocycles. The molecule has 0 unspecified atom stereocenters. The van der Waals surface area contributed by atoms with Crippen LogP contribution in [0.5, 0.6) is 0 Å². The fourth-order valence-electron chi connectivity index (χ4n) is 3.09. The second-order valence-electron chi connectivity index (χ2n) is 6.85. The van der Waals surface area contributed by atoms with Crippen LogP contribution in [0.3, 0.4) is 0 Å². The highest BCUT2D eigenvalue weighted by Gasteiger charge is 2.30. The van der Waals surface area contributed by atoms with Crippen molar-refractivity contribution in [2.24, 2.45) is 5.10 Å². The molecule has 1 heterocycles. The Bertz CT molecular complexity index is 1200. The Morgan fingerprint density at radius 2 is 1.72 bits per heavy atom. The number of nitrogens with zero attached hydrogens (tertiary/aromatic N) is 2. The van der Waals surface area contributed by atoms with E-state index in [1.165, 1.54) is 18.3 Å². The van der Waals surface area contributed by atoms with Gasteiger partial charge in [-0.1, -0.05) is 18.2 Å². The van der Waals surface area contributed by atoms with E-state index in [4.69, 9.17) is 0 Å². The van der Waals surface area contributed by atoms with Gasteiger partial charge in [0.1, 0.15) is 5.82 Å². The number of hydrogen-bond acceptors (Lipinski definition) is 3. The molecule has 2 aromatic carbocycles. The van der Waals surface area contributed by atoms with Gasteiger partial charge in [-0.3, -0.25) is 9.59 Å². The number of aryl methyl sites for hydroxylation is 1. The first-order chi connectivity index (χ1) is 15.1. The molecular weight excluding hydrogens is 428 g/mol. The van der Waals surface area contributed by atoms with Crippen LogP contribution < -0.4 is 10.7 Å². The molecule has 0 radical (unpaired) electrons. The normalized spacial score (nSPS) is 11.6. The van der Waals surface area contributed by atoms with Crippen LogP contribution in [0.15, 0.2) is 59.7 Å². The van der Waals surface area contributed by atoms with E-state index in [9.17, 15) is 27.2 Å². The minimum absolute atomic E-state index is 0.183. The SMILES string of the molecule is Cc1cc(/C=N\NC(=O)C(=O)Nc2cccc(C(F)(F)F)c2)c(C)n1-c1ccccc1F. The molecule has 0 fully saturated rings. The van der Waals surface area contributed by atoms with Crippen LogP contribution >= 0.6 is 0 Å². The van der Waals surface area contributed by atoms with E-state index in [2.05, 4.69) is 10.4 Å². The predicted octanol–water partition coefficient (Wildman–Crippen LogP) is 4.34. The highest BCUT2D eigenvalue weighted by Crippen LogP contribution is 2.30. The molecule has 0 bridgehead atoms. The Balaban J connectivity index is 1.68. The fourth-order valence-corrected chi connectivity index (χ4v) is 3.09. The van der Waals surface area contributed by atoms with Gasteiger partial charge in [0.25, 0.3) is 0 Å². The van der Waals surface area contributed by atoms with Crippen molar-refractivity contribution in [2.45, 2.75) is 20.0 Å². The molecular formula is C22H18F4N4O2. The van der Waals surface area contributed by atoms with Crippen LogP contribution in [0.25, 0.3) is 5.69 Å². The fraction of sp³-hybridized carbons (Fsp3) is 0.136. The zero-order chi connectivity index (χ0) is 23.5. The van der Waals surface area contributed by atoms with Crippen LogP contribution in [0.1, 0.15) is 22.5 Å². The Morgan fingerprint density at radius 3 is 2.41 bits per heavy atom. The number of carbonyl (C=O) groups is 2. The number of alkyl halides is 3. The van der Waals surface area contributed by atoms with Crippen LogP contribution in [-0.2, 0) is 15.8 Å². The molecule has 32 heavy (non-hydrogen) atoms. The van der Waals surface area contributed by atoms with Gasteiger partial charge in [-0.05, 0) is 50.2 Å². The zero-order valence-electron chi connectivity index (χ0n) is 17.0. The predicted molar refractivity (Wildman–Crippen MR) is 111 cm³/mol. The summed E-state index contributed by atoms with van der Waals surface area (Å²) < 4.78 is 54.1. The number of hydrogen-bond donors (Lipinski definition) is 2. The van der Waals surface area contributed by atoms with Crippen LogP contribution in [0.2, 0.25) is 0 Å². The minimum Gasteiger partial charge on any atom is -0.318 e. The largest absolute Gasteiger partial charge is 0.416 e. The second kappa shape index (κ2) is 9.04. The smallest absolute Gasteiger partial charge is 0.318 e. The number of halogens is 4. The summed E-state index contributed by atoms with van der Waals surface area (Å²) in [6, 6.07) is 11.9. The molecule has 6 nitrogen and oxygen atoms in total. The summed E-state index contributed by atoms with van der Waals surface area (Å²) in [4.78, 5) is 23.9. The highest BCUT2D eigenvalue weighted by molar-refractivity contribution is 6.39. The average Bonchev–Trinajstić information content (AvgIpc) is 3.01. The Labute approximate surface area is 180 Å². The van der Waals surface area contributed by atoms with Gasteiger partial charge in [0.15, 0.2) is 0 Å². The molecule has 2 amide bonds. The number of anilines is 1. The third-order valence-corrected chi connectivity index (χ3v) is 4.59. The molecule has 2 N–H and O–H groups in total. The van der Waals surface area contributed by atoms with Crippen LogP contribution in [0, 0.1) is 19.7 Å². The zero-order valence-corrected chi connectivity index (χ0v) is 17.0.